The Balaban J connectivity index is 1.91. The SMILES string of the molecule is COC(=O)[C@@H](NS(=O)(=O)c1ccc2c(c1)oc1cc(NC(=O)OCCBr)ccc12)C(C)C. The van der Waals surface area contributed by atoms with Crippen LogP contribution < -0.4 is 10.0 Å². The van der Waals surface area contributed by atoms with E-state index < -0.39 is 28.1 Å². The molecule has 0 aliphatic heterocycles. The van der Waals surface area contributed by atoms with Gasteiger partial charge in [0.15, 0.2) is 0 Å². The maximum Gasteiger partial charge on any atom is 0.411 e. The first-order chi connectivity index (χ1) is 15.2. The number of methoxy groups -OCH3 is 1. The summed E-state index contributed by atoms with van der Waals surface area (Å²) in [5.41, 5.74) is 1.29. The summed E-state index contributed by atoms with van der Waals surface area (Å²) < 4.78 is 43.6. The molecule has 1 atom stereocenters. The molecule has 0 saturated heterocycles. The number of carbonyl (C=O) groups is 2. The number of carbonyl (C=O) groups excluding carboxylic acids is 2. The Hall–Kier alpha value is -2.63. The third-order valence-electron chi connectivity index (χ3n) is 4.72. The molecule has 0 aliphatic rings. The van der Waals surface area contributed by atoms with E-state index in [9.17, 15) is 18.0 Å². The number of benzene rings is 2. The number of hydrogen-bond donors (Lipinski definition) is 2. The van der Waals surface area contributed by atoms with Crippen LogP contribution >= 0.6 is 15.9 Å². The number of amides is 1. The first-order valence-electron chi connectivity index (χ1n) is 9.72. The van der Waals surface area contributed by atoms with E-state index in [4.69, 9.17) is 13.9 Å². The molecule has 11 heteroatoms. The van der Waals surface area contributed by atoms with Crippen LogP contribution in [0.25, 0.3) is 21.9 Å². The molecule has 3 aromatic rings. The molecule has 2 N–H and O–H groups in total. The first-order valence-corrected chi connectivity index (χ1v) is 12.3. The van der Waals surface area contributed by atoms with Gasteiger partial charge in [0.1, 0.15) is 23.8 Å². The van der Waals surface area contributed by atoms with Crippen LogP contribution in [0.1, 0.15) is 13.8 Å². The fourth-order valence-electron chi connectivity index (χ4n) is 3.11. The zero-order chi connectivity index (χ0) is 23.5. The molecule has 0 radical (unpaired) electrons. The predicted octanol–water partition coefficient (Wildman–Crippen LogP) is 4.01. The quantitative estimate of drug-likeness (QED) is 0.335. The van der Waals surface area contributed by atoms with Crippen molar-refractivity contribution in [2.24, 2.45) is 5.92 Å². The topological polar surface area (TPSA) is 124 Å². The van der Waals surface area contributed by atoms with Crippen molar-refractivity contribution in [3.63, 3.8) is 0 Å². The van der Waals surface area contributed by atoms with Crippen LogP contribution in [0.15, 0.2) is 45.7 Å². The van der Waals surface area contributed by atoms with Crippen LogP contribution in [0, 0.1) is 5.92 Å². The number of ether oxygens (including phenoxy) is 2. The predicted molar refractivity (Wildman–Crippen MR) is 123 cm³/mol. The molecule has 32 heavy (non-hydrogen) atoms. The minimum absolute atomic E-state index is 0.0460. The second-order valence-corrected chi connectivity index (χ2v) is 9.79. The summed E-state index contributed by atoms with van der Waals surface area (Å²) in [6.07, 6.45) is -0.593. The maximum absolute atomic E-state index is 12.9. The van der Waals surface area contributed by atoms with Gasteiger partial charge in [-0.25, -0.2) is 13.2 Å². The largest absolute Gasteiger partial charge is 0.468 e. The van der Waals surface area contributed by atoms with Gasteiger partial charge in [0.2, 0.25) is 10.0 Å². The minimum atomic E-state index is -4.01. The summed E-state index contributed by atoms with van der Waals surface area (Å²) in [5, 5.41) is 4.60. The lowest BCUT2D eigenvalue weighted by Gasteiger charge is -2.19. The summed E-state index contributed by atoms with van der Waals surface area (Å²) in [6, 6.07) is 8.54. The standard InChI is InChI=1S/C21H23BrN2O7S/c1-12(2)19(20(25)29-3)24-32(27,28)14-5-7-16-15-6-4-13(23-21(26)30-9-8-22)10-17(15)31-18(16)11-14/h4-7,10-12,19,24H,8-9H2,1-3H3,(H,23,26)/t19-/m0/s1. The van der Waals surface area contributed by atoms with E-state index in [2.05, 4.69) is 26.0 Å². The van der Waals surface area contributed by atoms with E-state index in [0.29, 0.717) is 27.6 Å². The highest BCUT2D eigenvalue weighted by Crippen LogP contribution is 2.32. The van der Waals surface area contributed by atoms with Crippen LogP contribution in [0.3, 0.4) is 0 Å². The number of hydrogen-bond acceptors (Lipinski definition) is 7. The third kappa shape index (κ3) is 5.22. The lowest BCUT2D eigenvalue weighted by Crippen LogP contribution is -2.44. The lowest BCUT2D eigenvalue weighted by molar-refractivity contribution is -0.143. The molecule has 172 valence electrons. The van der Waals surface area contributed by atoms with Crippen LogP contribution in [0.5, 0.6) is 0 Å². The number of esters is 1. The molecule has 1 aromatic heterocycles. The van der Waals surface area contributed by atoms with Crippen LogP contribution in [0.2, 0.25) is 0 Å². The Morgan fingerprint density at radius 3 is 2.38 bits per heavy atom. The fraction of sp³-hybridized carbons (Fsp3) is 0.333. The molecular formula is C21H23BrN2O7S. The average Bonchev–Trinajstić information content (AvgIpc) is 3.12. The third-order valence-corrected chi connectivity index (χ3v) is 6.48. The maximum atomic E-state index is 12.9. The molecule has 2 aromatic carbocycles. The number of anilines is 1. The van der Waals surface area contributed by atoms with Crippen molar-refractivity contribution in [1.82, 2.24) is 4.72 Å². The Kier molecular flexibility index (Phi) is 7.42. The summed E-state index contributed by atoms with van der Waals surface area (Å²) in [7, 11) is -2.80. The Morgan fingerprint density at radius 2 is 1.75 bits per heavy atom. The zero-order valence-corrected chi connectivity index (χ0v) is 20.1. The summed E-state index contributed by atoms with van der Waals surface area (Å²) >= 11 is 3.18. The molecule has 1 heterocycles. The molecule has 3 rings (SSSR count). The fourth-order valence-corrected chi connectivity index (χ4v) is 4.62. The van der Waals surface area contributed by atoms with Gasteiger partial charge in [-0.05, 0) is 30.2 Å². The van der Waals surface area contributed by atoms with Crippen LogP contribution in [-0.2, 0) is 24.3 Å². The van der Waals surface area contributed by atoms with E-state index in [1.165, 1.54) is 19.2 Å². The highest BCUT2D eigenvalue weighted by atomic mass is 79.9. The van der Waals surface area contributed by atoms with Crippen molar-refractivity contribution in [2.75, 3.05) is 24.4 Å². The van der Waals surface area contributed by atoms with Gasteiger partial charge in [-0.1, -0.05) is 29.8 Å². The van der Waals surface area contributed by atoms with E-state index >= 15 is 0 Å². The highest BCUT2D eigenvalue weighted by Gasteiger charge is 2.29. The van der Waals surface area contributed by atoms with Gasteiger partial charge in [-0.15, -0.1) is 0 Å². The normalized spacial score (nSPS) is 12.8. The van der Waals surface area contributed by atoms with E-state index in [1.54, 1.807) is 38.1 Å². The van der Waals surface area contributed by atoms with Gasteiger partial charge in [-0.3, -0.25) is 10.1 Å². The van der Waals surface area contributed by atoms with Crippen molar-refractivity contribution in [2.45, 2.75) is 24.8 Å². The molecule has 9 nitrogen and oxygen atoms in total. The van der Waals surface area contributed by atoms with Crippen molar-refractivity contribution in [1.29, 1.82) is 0 Å². The van der Waals surface area contributed by atoms with Gasteiger partial charge < -0.3 is 13.9 Å². The van der Waals surface area contributed by atoms with Gasteiger partial charge >= 0.3 is 12.1 Å². The monoisotopic (exact) mass is 526 g/mol. The Bertz CT molecular complexity index is 1250. The number of nitrogens with one attached hydrogen (secondary N) is 2. The molecule has 0 unspecified atom stereocenters. The van der Waals surface area contributed by atoms with E-state index in [-0.39, 0.29) is 17.4 Å². The number of alkyl halides is 1. The van der Waals surface area contributed by atoms with Gasteiger partial charge in [0, 0.05) is 33.9 Å². The lowest BCUT2D eigenvalue weighted by atomic mass is 10.1. The molecule has 0 aliphatic carbocycles. The smallest absolute Gasteiger partial charge is 0.411 e. The summed E-state index contributed by atoms with van der Waals surface area (Å²) in [4.78, 5) is 23.7. The van der Waals surface area contributed by atoms with Crippen LogP contribution in [0.4, 0.5) is 10.5 Å². The molecule has 1 amide bonds. The van der Waals surface area contributed by atoms with Gasteiger partial charge in [-0.2, -0.15) is 4.72 Å². The Labute approximate surface area is 193 Å². The zero-order valence-electron chi connectivity index (χ0n) is 17.7. The van der Waals surface area contributed by atoms with Crippen molar-refractivity contribution < 1.29 is 31.9 Å². The summed E-state index contributed by atoms with van der Waals surface area (Å²) in [6.45, 7) is 3.67. The molecule has 0 saturated carbocycles. The number of halogens is 1. The molecule has 0 bridgehead atoms. The second kappa shape index (κ2) is 9.88. The second-order valence-electron chi connectivity index (χ2n) is 7.29. The minimum Gasteiger partial charge on any atom is -0.468 e. The number of fused-ring (bicyclic) bond motifs is 3. The van der Waals surface area contributed by atoms with Gasteiger partial charge in [0.05, 0.1) is 12.0 Å². The van der Waals surface area contributed by atoms with E-state index in [0.717, 1.165) is 5.39 Å². The van der Waals surface area contributed by atoms with Crippen molar-refractivity contribution in [3.8, 4) is 0 Å². The first kappa shape index (κ1) is 24.0. The average molecular weight is 527 g/mol. The van der Waals surface area contributed by atoms with Crippen molar-refractivity contribution >= 4 is 65.6 Å². The number of rotatable bonds is 8. The summed E-state index contributed by atoms with van der Waals surface area (Å²) in [5.74, 6) is -0.970. The Morgan fingerprint density at radius 1 is 1.09 bits per heavy atom. The van der Waals surface area contributed by atoms with Gasteiger partial charge in [0.25, 0.3) is 0 Å². The highest BCUT2D eigenvalue weighted by molar-refractivity contribution is 9.09. The van der Waals surface area contributed by atoms with Crippen molar-refractivity contribution in [3.05, 3.63) is 36.4 Å². The number of furan rings is 1. The van der Waals surface area contributed by atoms with Crippen LogP contribution in [-0.4, -0.2) is 45.6 Å². The molecule has 0 spiro atoms. The number of sulfonamides is 1. The molecule has 0 fully saturated rings. The van der Waals surface area contributed by atoms with E-state index in [1.807, 2.05) is 0 Å². The molecular weight excluding hydrogens is 504 g/mol.